The maximum atomic E-state index is 14.7. The fourth-order valence-electron chi connectivity index (χ4n) is 10.8. The lowest BCUT2D eigenvalue weighted by atomic mass is 9.96. The predicted molar refractivity (Wildman–Crippen MR) is 354 cm³/mol. The number of hydrogen-bond acceptors (Lipinski definition) is 15. The van der Waals surface area contributed by atoms with Crippen molar-refractivity contribution in [2.45, 2.75) is 27.7 Å². The fourth-order valence-corrected chi connectivity index (χ4v) is 11.4. The molecule has 2 aliphatic rings. The minimum atomic E-state index is -0.877. The van der Waals surface area contributed by atoms with Gasteiger partial charge in [-0.25, -0.2) is 29.1 Å². The second-order valence-electron chi connectivity index (χ2n) is 20.2. The molecule has 9 aromatic rings. The van der Waals surface area contributed by atoms with Crippen molar-refractivity contribution in [1.29, 1.82) is 0 Å². The highest BCUT2D eigenvalue weighted by molar-refractivity contribution is 14.1. The smallest absolute Gasteiger partial charge is 0.340 e. The van der Waals surface area contributed by atoms with Crippen LogP contribution in [-0.2, 0) is 28.5 Å². The van der Waals surface area contributed by atoms with E-state index in [0.717, 1.165) is 28.2 Å². The molecule has 0 atom stereocenters. The van der Waals surface area contributed by atoms with Gasteiger partial charge < -0.3 is 33.8 Å². The van der Waals surface area contributed by atoms with E-state index in [0.29, 0.717) is 5.56 Å². The van der Waals surface area contributed by atoms with Gasteiger partial charge in [-0.15, -0.1) is 0 Å². The molecular formula is C70H54IN7O12. The van der Waals surface area contributed by atoms with E-state index >= 15 is 0 Å². The van der Waals surface area contributed by atoms with Gasteiger partial charge in [-0.2, -0.15) is 0 Å². The zero-order chi connectivity index (χ0) is 63.2. The molecular weight excluding hydrogens is 1260 g/mol. The fraction of sp³-hybridized carbons (Fsp3) is 0.114. The summed E-state index contributed by atoms with van der Waals surface area (Å²) in [6.07, 6.45) is 6.78. The summed E-state index contributed by atoms with van der Waals surface area (Å²) < 4.78 is 23.0. The predicted octanol–water partition coefficient (Wildman–Crippen LogP) is 15.9. The highest BCUT2D eigenvalue weighted by atomic mass is 127. The van der Waals surface area contributed by atoms with E-state index in [2.05, 4.69) is 39.1 Å². The van der Waals surface area contributed by atoms with Crippen LogP contribution < -0.4 is 4.90 Å². The number of anilines is 3. The average molecular weight is 1310 g/mol. The SMILES string of the molecule is CCOC(=O)C1=Cc2nc1c(-c1ccccc1[N+](=O)[O-])c1[nH]c(cc1C(=O)OCC)c(I)c1nc(c(-c3ccccc3[N+](=O)[O-])c3[nH]c(cc3C(=O)OCC)c2-c2ccc(/C=C/c3ccc(N(c4ccccc4)c4ccccc4)cc3)cc2)C(C(=O)OCC)=C1. The molecule has 6 aromatic carbocycles. The third-order valence-corrected chi connectivity index (χ3v) is 15.8. The van der Waals surface area contributed by atoms with Gasteiger partial charge >= 0.3 is 23.9 Å². The van der Waals surface area contributed by atoms with Crippen LogP contribution in [0.1, 0.15) is 82.3 Å². The number of fused-ring (bicyclic) bond motifs is 8. The summed E-state index contributed by atoms with van der Waals surface area (Å²) in [5.41, 5.74) is 3.68. The Morgan fingerprint density at radius 1 is 0.489 bits per heavy atom. The number of aromatic amines is 2. The molecule has 0 unspecified atom stereocenters. The monoisotopic (exact) mass is 1310 g/mol. The molecule has 0 amide bonds. The minimum absolute atomic E-state index is 0.0532. The van der Waals surface area contributed by atoms with E-state index < -0.39 is 45.1 Å². The Bertz CT molecular complexity index is 4540. The van der Waals surface area contributed by atoms with Gasteiger partial charge in [0.25, 0.3) is 11.4 Å². The lowest BCUT2D eigenvalue weighted by Gasteiger charge is -2.25. The molecule has 11 rings (SSSR count). The topological polar surface area (TPSA) is 252 Å². The molecule has 2 N–H and O–H groups in total. The maximum Gasteiger partial charge on any atom is 0.340 e. The van der Waals surface area contributed by atoms with Crippen molar-refractivity contribution in [2.75, 3.05) is 31.3 Å². The molecule has 2 aliphatic heterocycles. The van der Waals surface area contributed by atoms with E-state index in [4.69, 9.17) is 28.9 Å². The first-order valence-corrected chi connectivity index (χ1v) is 29.7. The van der Waals surface area contributed by atoms with Crippen LogP contribution in [0.5, 0.6) is 0 Å². The minimum Gasteiger partial charge on any atom is -0.462 e. The molecule has 0 saturated carbocycles. The van der Waals surface area contributed by atoms with Crippen molar-refractivity contribution in [3.05, 3.63) is 239 Å². The Morgan fingerprint density at radius 3 is 1.34 bits per heavy atom. The first kappa shape index (κ1) is 60.6. The highest BCUT2D eigenvalue weighted by Gasteiger charge is 2.34. The zero-order valence-corrected chi connectivity index (χ0v) is 51.0. The van der Waals surface area contributed by atoms with E-state index in [-0.39, 0.29) is 125 Å². The number of ether oxygens (including phenoxy) is 4. The number of nitrogens with one attached hydrogen (secondary N) is 2. The van der Waals surface area contributed by atoms with Crippen LogP contribution in [0.15, 0.2) is 170 Å². The summed E-state index contributed by atoms with van der Waals surface area (Å²) in [7, 11) is 0. The third kappa shape index (κ3) is 12.0. The summed E-state index contributed by atoms with van der Waals surface area (Å²) in [6, 6.07) is 50.1. The number of halogens is 1. The Labute approximate surface area is 528 Å². The van der Waals surface area contributed by atoms with Crippen LogP contribution in [0.3, 0.4) is 0 Å². The van der Waals surface area contributed by atoms with Crippen molar-refractivity contribution >= 4 is 132 Å². The van der Waals surface area contributed by atoms with Crippen LogP contribution in [0.4, 0.5) is 28.4 Å². The number of carbonyl (C=O) groups is 4. The number of H-pyrrole nitrogens is 2. The van der Waals surface area contributed by atoms with Gasteiger partial charge in [0.15, 0.2) is 0 Å². The summed E-state index contributed by atoms with van der Waals surface area (Å²) in [5.74, 6) is -3.46. The molecule has 448 valence electrons. The molecule has 0 spiro atoms. The largest absolute Gasteiger partial charge is 0.462 e. The van der Waals surface area contributed by atoms with Crippen molar-refractivity contribution in [1.82, 2.24) is 19.9 Å². The van der Waals surface area contributed by atoms with E-state index in [1.807, 2.05) is 108 Å². The summed E-state index contributed by atoms with van der Waals surface area (Å²) >= 11 is 1.96. The van der Waals surface area contributed by atoms with Crippen molar-refractivity contribution in [2.24, 2.45) is 0 Å². The molecule has 90 heavy (non-hydrogen) atoms. The van der Waals surface area contributed by atoms with Gasteiger partial charge in [0.2, 0.25) is 0 Å². The number of nitrogens with zero attached hydrogens (tertiary/aromatic N) is 5. The van der Waals surface area contributed by atoms with Crippen LogP contribution >= 0.6 is 22.6 Å². The molecule has 0 fully saturated rings. The summed E-state index contributed by atoms with van der Waals surface area (Å²) in [5, 5.41) is 26.3. The van der Waals surface area contributed by atoms with Crippen LogP contribution in [-0.4, -0.2) is 80.1 Å². The number of rotatable bonds is 18. The number of aromatic nitrogens is 4. The number of hydrogen-bond donors (Lipinski definition) is 2. The van der Waals surface area contributed by atoms with E-state index in [9.17, 15) is 39.4 Å². The molecule has 0 radical (unpaired) electrons. The number of nitro groups is 2. The quantitative estimate of drug-likeness (QED) is 0.0202. The van der Waals surface area contributed by atoms with Crippen molar-refractivity contribution < 1.29 is 48.0 Å². The average Bonchev–Trinajstić information content (AvgIpc) is 1.60. The number of nitro benzene ring substituents is 2. The Morgan fingerprint density at radius 2 is 0.878 bits per heavy atom. The lowest BCUT2D eigenvalue weighted by molar-refractivity contribution is -0.384. The van der Waals surface area contributed by atoms with Gasteiger partial charge in [0.1, 0.15) is 0 Å². The number of carbonyl (C=O) groups excluding carboxylic acids is 4. The molecule has 20 heteroatoms. The van der Waals surface area contributed by atoms with E-state index in [1.165, 1.54) is 60.7 Å². The number of para-hydroxylation sites is 4. The summed E-state index contributed by atoms with van der Waals surface area (Å²) in [4.78, 5) is 103. The third-order valence-electron chi connectivity index (χ3n) is 14.7. The van der Waals surface area contributed by atoms with Crippen LogP contribution in [0.25, 0.3) is 90.9 Å². The Hall–Kier alpha value is -11.1. The second-order valence-corrected chi connectivity index (χ2v) is 21.3. The number of esters is 4. The van der Waals surface area contributed by atoms with Crippen LogP contribution in [0.2, 0.25) is 0 Å². The number of benzene rings is 6. The molecule has 8 bridgehead atoms. The molecule has 0 aliphatic carbocycles. The van der Waals surface area contributed by atoms with Gasteiger partial charge in [-0.05, 0) is 140 Å². The molecule has 5 heterocycles. The highest BCUT2D eigenvalue weighted by Crippen LogP contribution is 2.46. The normalized spacial score (nSPS) is 11.8. The lowest BCUT2D eigenvalue weighted by Crippen LogP contribution is -2.09. The molecule has 3 aromatic heterocycles. The van der Waals surface area contributed by atoms with Crippen molar-refractivity contribution in [3.63, 3.8) is 0 Å². The van der Waals surface area contributed by atoms with E-state index in [1.54, 1.807) is 52.0 Å². The summed E-state index contributed by atoms with van der Waals surface area (Å²) in [6.45, 7) is 6.10. The standard InChI is InChI=1S/C70H54IN7O12/c1-5-87-67(79)49-37-53-59(43-33-29-41(30-34-43)27-28-42-31-35-46(36-32-42)76(44-19-11-9-12-20-44)45-21-13-10-14-22-45)54-38-50(68(80)88-6-2)64(73-54)61(48-24-16-18-26-58(48)78(85)86)66-52(70(82)90-8-4)40-56(75-66)62(71)55-39-51(69(81)89-7-3)65(74-55)60(63(49)72-53)47-23-15-17-25-57(47)77(83)84/h9-40,72,75H,5-8H2,1-4H3/b28-27+,59-53?,59-54?,62-55?,62-56?,63-60?,64-61?,65-60?,66-61?. The van der Waals surface area contributed by atoms with Gasteiger partial charge in [-0.3, -0.25) is 20.2 Å². The van der Waals surface area contributed by atoms with Gasteiger partial charge in [-0.1, -0.05) is 109 Å². The zero-order valence-electron chi connectivity index (χ0n) is 48.8. The molecule has 19 nitrogen and oxygen atoms in total. The van der Waals surface area contributed by atoms with Crippen LogP contribution in [0, 0.1) is 23.8 Å². The Kier molecular flexibility index (Phi) is 17.8. The first-order chi connectivity index (χ1) is 43.7. The Balaban J connectivity index is 1.25. The first-order valence-electron chi connectivity index (χ1n) is 28.6. The molecule has 0 saturated heterocycles. The van der Waals surface area contributed by atoms with Gasteiger partial charge in [0.05, 0.1) is 113 Å². The van der Waals surface area contributed by atoms with Gasteiger partial charge in [0, 0.05) is 51.4 Å². The second kappa shape index (κ2) is 26.5. The van der Waals surface area contributed by atoms with Crippen molar-refractivity contribution in [3.8, 4) is 33.4 Å². The maximum absolute atomic E-state index is 14.7.